The molecule has 0 saturated carbocycles. The number of benzene rings is 2. The SMILES string of the molecule is COc1ccccc1CC(=O)NNC(=O)C(C)Oc1ccc(F)cc1. The predicted octanol–water partition coefficient (Wildman–Crippen LogP) is 1.99. The van der Waals surface area contributed by atoms with Crippen LogP contribution in [0.4, 0.5) is 4.39 Å². The fourth-order valence-electron chi connectivity index (χ4n) is 2.07. The molecule has 0 saturated heterocycles. The van der Waals surface area contributed by atoms with Crippen LogP contribution >= 0.6 is 0 Å². The number of hydrogen-bond donors (Lipinski definition) is 2. The van der Waals surface area contributed by atoms with Crippen molar-refractivity contribution < 1.29 is 23.5 Å². The third kappa shape index (κ3) is 5.49. The van der Waals surface area contributed by atoms with Crippen molar-refractivity contribution in [2.24, 2.45) is 0 Å². The van der Waals surface area contributed by atoms with E-state index in [-0.39, 0.29) is 6.42 Å². The molecule has 0 aromatic heterocycles. The second-order valence-corrected chi connectivity index (χ2v) is 5.24. The molecule has 6 nitrogen and oxygen atoms in total. The molecule has 2 rings (SSSR count). The third-order valence-electron chi connectivity index (χ3n) is 3.36. The first-order valence-electron chi connectivity index (χ1n) is 7.62. The molecule has 2 aromatic carbocycles. The van der Waals surface area contributed by atoms with Crippen LogP contribution in [-0.4, -0.2) is 25.0 Å². The number of hydrogen-bond acceptors (Lipinski definition) is 4. The molecular weight excluding hydrogens is 327 g/mol. The standard InChI is InChI=1S/C18H19FN2O4/c1-12(25-15-9-7-14(19)8-10-15)18(23)21-20-17(22)11-13-5-3-4-6-16(13)24-2/h3-10,12H,11H2,1-2H3,(H,20,22)(H,21,23). The summed E-state index contributed by atoms with van der Waals surface area (Å²) in [7, 11) is 1.52. The second kappa shape index (κ2) is 8.68. The maximum Gasteiger partial charge on any atom is 0.279 e. The molecule has 2 aromatic rings. The molecule has 1 atom stereocenters. The zero-order valence-electron chi connectivity index (χ0n) is 13.9. The Labute approximate surface area is 144 Å². The lowest BCUT2D eigenvalue weighted by atomic mass is 10.1. The van der Waals surface area contributed by atoms with Gasteiger partial charge in [-0.25, -0.2) is 4.39 Å². The largest absolute Gasteiger partial charge is 0.496 e. The van der Waals surface area contributed by atoms with E-state index in [9.17, 15) is 14.0 Å². The van der Waals surface area contributed by atoms with Crippen molar-refractivity contribution in [1.29, 1.82) is 0 Å². The van der Waals surface area contributed by atoms with Crippen LogP contribution in [0.2, 0.25) is 0 Å². The normalized spacial score (nSPS) is 11.3. The van der Waals surface area contributed by atoms with E-state index in [4.69, 9.17) is 9.47 Å². The van der Waals surface area contributed by atoms with Crippen molar-refractivity contribution in [1.82, 2.24) is 10.9 Å². The highest BCUT2D eigenvalue weighted by Crippen LogP contribution is 2.17. The molecule has 0 aliphatic carbocycles. The number of amides is 2. The number of carbonyl (C=O) groups is 2. The Balaban J connectivity index is 1.82. The van der Waals surface area contributed by atoms with Gasteiger partial charge in [-0.1, -0.05) is 18.2 Å². The molecule has 0 aliphatic rings. The van der Waals surface area contributed by atoms with Gasteiger partial charge in [0.1, 0.15) is 17.3 Å². The maximum atomic E-state index is 12.8. The minimum Gasteiger partial charge on any atom is -0.496 e. The lowest BCUT2D eigenvalue weighted by molar-refractivity contribution is -0.132. The lowest BCUT2D eigenvalue weighted by Gasteiger charge is -2.15. The van der Waals surface area contributed by atoms with Gasteiger partial charge in [-0.05, 0) is 37.3 Å². The van der Waals surface area contributed by atoms with Gasteiger partial charge in [0.2, 0.25) is 5.91 Å². The Bertz CT molecular complexity index is 734. The molecular formula is C18H19FN2O4. The summed E-state index contributed by atoms with van der Waals surface area (Å²) in [5.74, 6) is -0.376. The van der Waals surface area contributed by atoms with Crippen LogP contribution in [0.25, 0.3) is 0 Å². The van der Waals surface area contributed by atoms with Crippen molar-refractivity contribution in [2.45, 2.75) is 19.4 Å². The van der Waals surface area contributed by atoms with Crippen molar-refractivity contribution >= 4 is 11.8 Å². The molecule has 25 heavy (non-hydrogen) atoms. The fraction of sp³-hybridized carbons (Fsp3) is 0.222. The van der Waals surface area contributed by atoms with E-state index in [0.717, 1.165) is 0 Å². The van der Waals surface area contributed by atoms with Gasteiger partial charge in [-0.15, -0.1) is 0 Å². The van der Waals surface area contributed by atoms with E-state index in [1.165, 1.54) is 38.3 Å². The number of carbonyl (C=O) groups excluding carboxylic acids is 2. The molecule has 0 bridgehead atoms. The van der Waals surface area contributed by atoms with E-state index in [1.807, 2.05) is 0 Å². The molecule has 0 spiro atoms. The quantitative estimate of drug-likeness (QED) is 0.785. The number of para-hydroxylation sites is 1. The lowest BCUT2D eigenvalue weighted by Crippen LogP contribution is -2.47. The summed E-state index contributed by atoms with van der Waals surface area (Å²) in [6, 6.07) is 12.4. The van der Waals surface area contributed by atoms with E-state index < -0.39 is 23.7 Å². The van der Waals surface area contributed by atoms with Gasteiger partial charge in [0.25, 0.3) is 5.91 Å². The molecule has 7 heteroatoms. The molecule has 2 N–H and O–H groups in total. The Morgan fingerprint density at radius 3 is 2.44 bits per heavy atom. The molecule has 1 unspecified atom stereocenters. The van der Waals surface area contributed by atoms with E-state index >= 15 is 0 Å². The van der Waals surface area contributed by atoms with Crippen molar-refractivity contribution in [3.8, 4) is 11.5 Å². The number of halogens is 1. The molecule has 0 aliphatic heterocycles. The summed E-state index contributed by atoms with van der Waals surface area (Å²) in [4.78, 5) is 23.9. The van der Waals surface area contributed by atoms with Crippen molar-refractivity contribution in [2.75, 3.05) is 7.11 Å². The van der Waals surface area contributed by atoms with Gasteiger partial charge < -0.3 is 9.47 Å². The van der Waals surface area contributed by atoms with Crippen LogP contribution in [0.1, 0.15) is 12.5 Å². The van der Waals surface area contributed by atoms with E-state index in [2.05, 4.69) is 10.9 Å². The molecule has 0 fully saturated rings. The summed E-state index contributed by atoms with van der Waals surface area (Å²) in [5.41, 5.74) is 5.32. The van der Waals surface area contributed by atoms with Crippen molar-refractivity contribution in [3.63, 3.8) is 0 Å². The summed E-state index contributed by atoms with van der Waals surface area (Å²) in [6.45, 7) is 1.52. The van der Waals surface area contributed by atoms with Crippen molar-refractivity contribution in [3.05, 3.63) is 59.9 Å². The van der Waals surface area contributed by atoms with E-state index in [0.29, 0.717) is 17.1 Å². The molecule has 2 amide bonds. The first kappa shape index (κ1) is 18.3. The van der Waals surface area contributed by atoms with Crippen LogP contribution in [0.5, 0.6) is 11.5 Å². The smallest absolute Gasteiger partial charge is 0.279 e. The zero-order valence-corrected chi connectivity index (χ0v) is 13.9. The fourth-order valence-corrected chi connectivity index (χ4v) is 2.07. The third-order valence-corrected chi connectivity index (χ3v) is 3.36. The highest BCUT2D eigenvalue weighted by molar-refractivity contribution is 5.85. The van der Waals surface area contributed by atoms with Gasteiger partial charge in [0.15, 0.2) is 6.10 Å². The average Bonchev–Trinajstić information content (AvgIpc) is 2.62. The molecule has 0 radical (unpaired) electrons. The van der Waals surface area contributed by atoms with Crippen LogP contribution < -0.4 is 20.3 Å². The van der Waals surface area contributed by atoms with Gasteiger partial charge in [-0.2, -0.15) is 0 Å². The maximum absolute atomic E-state index is 12.8. The number of hydrazine groups is 1. The Morgan fingerprint density at radius 1 is 1.08 bits per heavy atom. The predicted molar refractivity (Wildman–Crippen MR) is 89.5 cm³/mol. The zero-order chi connectivity index (χ0) is 18.2. The average molecular weight is 346 g/mol. The van der Waals surface area contributed by atoms with Gasteiger partial charge >= 0.3 is 0 Å². The first-order valence-corrected chi connectivity index (χ1v) is 7.62. The molecule has 0 heterocycles. The minimum atomic E-state index is -0.864. The van der Waals surface area contributed by atoms with Crippen LogP contribution in [0, 0.1) is 5.82 Å². The number of ether oxygens (including phenoxy) is 2. The van der Waals surface area contributed by atoms with Gasteiger partial charge in [-0.3, -0.25) is 20.4 Å². The second-order valence-electron chi connectivity index (χ2n) is 5.24. The topological polar surface area (TPSA) is 76.7 Å². The van der Waals surface area contributed by atoms with Gasteiger partial charge in [0, 0.05) is 5.56 Å². The van der Waals surface area contributed by atoms with Crippen LogP contribution in [0.15, 0.2) is 48.5 Å². The Hall–Kier alpha value is -3.09. The van der Waals surface area contributed by atoms with Crippen LogP contribution in [0.3, 0.4) is 0 Å². The summed E-state index contributed by atoms with van der Waals surface area (Å²) in [5, 5.41) is 0. The first-order chi connectivity index (χ1) is 12.0. The summed E-state index contributed by atoms with van der Waals surface area (Å²) < 4.78 is 23.4. The summed E-state index contributed by atoms with van der Waals surface area (Å²) >= 11 is 0. The monoisotopic (exact) mass is 346 g/mol. The Kier molecular flexibility index (Phi) is 6.33. The highest BCUT2D eigenvalue weighted by Gasteiger charge is 2.16. The van der Waals surface area contributed by atoms with E-state index in [1.54, 1.807) is 24.3 Å². The van der Waals surface area contributed by atoms with Gasteiger partial charge in [0.05, 0.1) is 13.5 Å². The molecule has 132 valence electrons. The number of methoxy groups -OCH3 is 1. The number of rotatable bonds is 6. The number of nitrogens with one attached hydrogen (secondary N) is 2. The Morgan fingerprint density at radius 2 is 1.76 bits per heavy atom. The minimum absolute atomic E-state index is 0.0531. The summed E-state index contributed by atoms with van der Waals surface area (Å²) in [6.07, 6.45) is -0.811. The van der Waals surface area contributed by atoms with Crippen LogP contribution in [-0.2, 0) is 16.0 Å². The highest BCUT2D eigenvalue weighted by atomic mass is 19.1.